The molecule has 0 radical (unpaired) electrons. The summed E-state index contributed by atoms with van der Waals surface area (Å²) < 4.78 is 64.8. The Bertz CT molecular complexity index is 584. The summed E-state index contributed by atoms with van der Waals surface area (Å²) in [4.78, 5) is -0.651. The molecule has 0 N–H and O–H groups in total. The van der Waals surface area contributed by atoms with Crippen molar-refractivity contribution in [1.29, 1.82) is 0 Å². The molecule has 0 amide bonds. The maximum Gasteiger partial charge on any atom is 0.417 e. The van der Waals surface area contributed by atoms with E-state index in [0.29, 0.717) is 6.42 Å². The molecular weight excluding hydrogens is 291 g/mol. The summed E-state index contributed by atoms with van der Waals surface area (Å²) in [5.41, 5.74) is -1.10. The smallest absolute Gasteiger partial charge is 0.207 e. The van der Waals surface area contributed by atoms with Crippen LogP contribution in [0.2, 0.25) is 0 Å². The Morgan fingerprint density at radius 1 is 1.25 bits per heavy atom. The van der Waals surface area contributed by atoms with Crippen LogP contribution in [-0.2, 0) is 16.2 Å². The van der Waals surface area contributed by atoms with Gasteiger partial charge in [-0.05, 0) is 30.9 Å². The second kappa shape index (κ2) is 5.37. The van der Waals surface area contributed by atoms with E-state index in [2.05, 4.69) is 0 Å². The number of hydrogen-bond acceptors (Lipinski definition) is 2. The first kappa shape index (κ1) is 15.3. The fourth-order valence-corrected chi connectivity index (χ4v) is 4.24. The lowest BCUT2D eigenvalue weighted by molar-refractivity contribution is -0.139. The molecule has 1 aliphatic heterocycles. The molecule has 1 saturated heterocycles. The molecule has 1 heterocycles. The van der Waals surface area contributed by atoms with E-state index in [-0.39, 0.29) is 19.0 Å². The minimum Gasteiger partial charge on any atom is -0.207 e. The van der Waals surface area contributed by atoms with Gasteiger partial charge in [-0.2, -0.15) is 17.5 Å². The van der Waals surface area contributed by atoms with Crippen molar-refractivity contribution >= 4 is 10.0 Å². The van der Waals surface area contributed by atoms with E-state index in [9.17, 15) is 21.6 Å². The molecule has 0 spiro atoms. The number of piperidine rings is 1. The number of rotatable bonds is 2. The van der Waals surface area contributed by atoms with Crippen molar-refractivity contribution < 1.29 is 21.6 Å². The van der Waals surface area contributed by atoms with Crippen molar-refractivity contribution in [3.8, 4) is 0 Å². The van der Waals surface area contributed by atoms with Crippen molar-refractivity contribution in [2.75, 3.05) is 13.1 Å². The SMILES string of the molecule is CC1CCCN(S(=O)(=O)c2ccccc2C(F)(F)F)C1. The standard InChI is InChI=1S/C13H16F3NO2S/c1-10-5-4-8-17(9-10)20(18,19)12-7-3-2-6-11(12)13(14,15)16/h2-3,6-7,10H,4-5,8-9H2,1H3. The van der Waals surface area contributed by atoms with Crippen molar-refractivity contribution in [3.05, 3.63) is 29.8 Å². The van der Waals surface area contributed by atoms with Gasteiger partial charge in [0.1, 0.15) is 0 Å². The molecule has 0 aliphatic carbocycles. The van der Waals surface area contributed by atoms with Gasteiger partial charge in [-0.3, -0.25) is 0 Å². The quantitative estimate of drug-likeness (QED) is 0.842. The molecule has 1 aliphatic rings. The highest BCUT2D eigenvalue weighted by atomic mass is 32.2. The van der Waals surface area contributed by atoms with Crippen LogP contribution in [0.1, 0.15) is 25.3 Å². The predicted molar refractivity (Wildman–Crippen MR) is 68.6 cm³/mol. The molecule has 7 heteroatoms. The van der Waals surface area contributed by atoms with Crippen molar-refractivity contribution in [2.24, 2.45) is 5.92 Å². The molecule has 1 aromatic carbocycles. The van der Waals surface area contributed by atoms with Gasteiger partial charge in [0.25, 0.3) is 0 Å². The van der Waals surface area contributed by atoms with Crippen LogP contribution < -0.4 is 0 Å². The summed E-state index contributed by atoms with van der Waals surface area (Å²) >= 11 is 0. The molecule has 1 fully saturated rings. The summed E-state index contributed by atoms with van der Waals surface area (Å²) in [6.45, 7) is 2.45. The van der Waals surface area contributed by atoms with E-state index in [4.69, 9.17) is 0 Å². The van der Waals surface area contributed by atoms with Gasteiger partial charge in [0.2, 0.25) is 10.0 Å². The first-order valence-corrected chi connectivity index (χ1v) is 7.83. The lowest BCUT2D eigenvalue weighted by Gasteiger charge is -2.30. The van der Waals surface area contributed by atoms with Crippen LogP contribution in [-0.4, -0.2) is 25.8 Å². The molecule has 2 rings (SSSR count). The summed E-state index contributed by atoms with van der Waals surface area (Å²) in [5, 5.41) is 0. The molecule has 0 aromatic heterocycles. The third-order valence-electron chi connectivity index (χ3n) is 3.43. The minimum absolute atomic E-state index is 0.163. The number of halogens is 3. The Kier molecular flexibility index (Phi) is 4.11. The number of sulfonamides is 1. The predicted octanol–water partition coefficient (Wildman–Crippen LogP) is 3.13. The number of nitrogens with zero attached hydrogens (tertiary/aromatic N) is 1. The normalized spacial score (nSPS) is 21.9. The highest BCUT2D eigenvalue weighted by Crippen LogP contribution is 2.35. The maximum absolute atomic E-state index is 12.9. The second-order valence-electron chi connectivity index (χ2n) is 5.10. The number of alkyl halides is 3. The Morgan fingerprint density at radius 3 is 2.50 bits per heavy atom. The average Bonchev–Trinajstić information content (AvgIpc) is 2.38. The third-order valence-corrected chi connectivity index (χ3v) is 5.35. The van der Waals surface area contributed by atoms with Gasteiger partial charge in [0, 0.05) is 13.1 Å². The zero-order chi connectivity index (χ0) is 15.0. The Hall–Kier alpha value is -1.08. The van der Waals surface area contributed by atoms with Gasteiger partial charge in [0.15, 0.2) is 0 Å². The second-order valence-corrected chi connectivity index (χ2v) is 7.01. The Labute approximate surface area is 116 Å². The first-order chi connectivity index (χ1) is 9.23. The van der Waals surface area contributed by atoms with Gasteiger partial charge in [-0.15, -0.1) is 0 Å². The zero-order valence-corrected chi connectivity index (χ0v) is 11.8. The van der Waals surface area contributed by atoms with Crippen LogP contribution >= 0.6 is 0 Å². The Morgan fingerprint density at radius 2 is 1.90 bits per heavy atom. The van der Waals surface area contributed by atoms with E-state index in [1.165, 1.54) is 12.1 Å². The molecule has 3 nitrogen and oxygen atoms in total. The average molecular weight is 307 g/mol. The molecule has 1 aromatic rings. The van der Waals surface area contributed by atoms with Gasteiger partial charge >= 0.3 is 6.18 Å². The summed E-state index contributed by atoms with van der Waals surface area (Å²) in [6, 6.07) is 4.34. The van der Waals surface area contributed by atoms with Crippen molar-refractivity contribution in [1.82, 2.24) is 4.31 Å². The van der Waals surface area contributed by atoms with E-state index in [1.54, 1.807) is 0 Å². The van der Waals surface area contributed by atoms with Crippen molar-refractivity contribution in [3.63, 3.8) is 0 Å². The fourth-order valence-electron chi connectivity index (χ4n) is 2.43. The molecule has 0 bridgehead atoms. The van der Waals surface area contributed by atoms with Crippen LogP contribution in [0.3, 0.4) is 0 Å². The van der Waals surface area contributed by atoms with Gasteiger partial charge in [-0.25, -0.2) is 8.42 Å². The highest BCUT2D eigenvalue weighted by molar-refractivity contribution is 7.89. The first-order valence-electron chi connectivity index (χ1n) is 6.39. The topological polar surface area (TPSA) is 37.4 Å². The molecule has 0 saturated carbocycles. The highest BCUT2D eigenvalue weighted by Gasteiger charge is 2.39. The lowest BCUT2D eigenvalue weighted by Crippen LogP contribution is -2.39. The van der Waals surface area contributed by atoms with Crippen LogP contribution in [0.25, 0.3) is 0 Å². The molecule has 1 unspecified atom stereocenters. The lowest BCUT2D eigenvalue weighted by atomic mass is 10.0. The van der Waals surface area contributed by atoms with Gasteiger partial charge < -0.3 is 0 Å². The summed E-state index contributed by atoms with van der Waals surface area (Å²) in [6.07, 6.45) is -3.10. The number of benzene rings is 1. The van der Waals surface area contributed by atoms with Gasteiger partial charge in [-0.1, -0.05) is 19.1 Å². The molecule has 1 atom stereocenters. The van der Waals surface area contributed by atoms with E-state index >= 15 is 0 Å². The van der Waals surface area contributed by atoms with Crippen molar-refractivity contribution in [2.45, 2.75) is 30.8 Å². The summed E-state index contributed by atoms with van der Waals surface area (Å²) in [7, 11) is -4.10. The largest absolute Gasteiger partial charge is 0.417 e. The molecule has 112 valence electrons. The number of hydrogen-bond donors (Lipinski definition) is 0. The van der Waals surface area contributed by atoms with Crippen LogP contribution in [0, 0.1) is 5.92 Å². The Balaban J connectivity index is 2.45. The van der Waals surface area contributed by atoms with E-state index < -0.39 is 26.7 Å². The molecular formula is C13H16F3NO2S. The monoisotopic (exact) mass is 307 g/mol. The van der Waals surface area contributed by atoms with E-state index in [1.807, 2.05) is 6.92 Å². The minimum atomic E-state index is -4.68. The van der Waals surface area contributed by atoms with Crippen LogP contribution in [0.5, 0.6) is 0 Å². The van der Waals surface area contributed by atoms with Gasteiger partial charge in [0.05, 0.1) is 10.5 Å². The maximum atomic E-state index is 12.9. The zero-order valence-electron chi connectivity index (χ0n) is 11.0. The summed E-state index contributed by atoms with van der Waals surface area (Å²) in [5.74, 6) is 0.163. The fraction of sp³-hybridized carbons (Fsp3) is 0.538. The van der Waals surface area contributed by atoms with Crippen LogP contribution in [0.15, 0.2) is 29.2 Å². The third kappa shape index (κ3) is 2.98. The van der Waals surface area contributed by atoms with E-state index in [0.717, 1.165) is 22.9 Å². The van der Waals surface area contributed by atoms with Crippen LogP contribution in [0.4, 0.5) is 13.2 Å². The molecule has 20 heavy (non-hydrogen) atoms.